The zero-order valence-electron chi connectivity index (χ0n) is 16.7. The maximum Gasteiger partial charge on any atom is 0.284 e. The van der Waals surface area contributed by atoms with Crippen LogP contribution >= 0.6 is 24.0 Å². The van der Waals surface area contributed by atoms with Crippen molar-refractivity contribution >= 4 is 35.8 Å². The van der Waals surface area contributed by atoms with E-state index in [0.717, 1.165) is 23.3 Å². The standard InChI is InChI=1S/C20H28N4O3.HI/c1-5-14(3)26-18-10-13(2)6-7-15(18)11-23-20(22-4)24-12-16-8-9-17(27-16)19(21)25;/h6-10,14H,5,11-12H2,1-4H3,(H2,21,25)(H2,22,23,24);1H. The summed E-state index contributed by atoms with van der Waals surface area (Å²) < 4.78 is 11.4. The van der Waals surface area contributed by atoms with Gasteiger partial charge in [-0.1, -0.05) is 19.1 Å². The van der Waals surface area contributed by atoms with Crippen molar-refractivity contribution in [3.63, 3.8) is 0 Å². The molecule has 1 amide bonds. The van der Waals surface area contributed by atoms with Crippen molar-refractivity contribution in [2.75, 3.05) is 7.05 Å². The molecule has 0 aliphatic rings. The van der Waals surface area contributed by atoms with Crippen LogP contribution in [0.2, 0.25) is 0 Å². The van der Waals surface area contributed by atoms with Gasteiger partial charge in [0, 0.05) is 19.2 Å². The fraction of sp³-hybridized carbons (Fsp3) is 0.400. The van der Waals surface area contributed by atoms with Crippen LogP contribution in [-0.2, 0) is 13.1 Å². The number of benzene rings is 1. The number of nitrogens with two attached hydrogens (primary N) is 1. The smallest absolute Gasteiger partial charge is 0.284 e. The number of hydrogen-bond acceptors (Lipinski definition) is 4. The molecule has 0 fully saturated rings. The second kappa shape index (κ2) is 11.6. The van der Waals surface area contributed by atoms with E-state index >= 15 is 0 Å². The first-order chi connectivity index (χ1) is 12.9. The number of primary amides is 1. The first-order valence-electron chi connectivity index (χ1n) is 9.02. The lowest BCUT2D eigenvalue weighted by molar-refractivity contribution is 0.0972. The molecule has 8 heteroatoms. The topological polar surface area (TPSA) is 102 Å². The summed E-state index contributed by atoms with van der Waals surface area (Å²) >= 11 is 0. The van der Waals surface area contributed by atoms with E-state index < -0.39 is 5.91 Å². The molecule has 1 aromatic carbocycles. The fourth-order valence-electron chi connectivity index (χ4n) is 2.39. The molecule has 1 aromatic heterocycles. The lowest BCUT2D eigenvalue weighted by atomic mass is 10.1. The predicted molar refractivity (Wildman–Crippen MR) is 121 cm³/mol. The number of guanidine groups is 1. The molecule has 0 aliphatic carbocycles. The number of carbonyl (C=O) groups excluding carboxylic acids is 1. The third kappa shape index (κ3) is 7.06. The maximum atomic E-state index is 11.1. The van der Waals surface area contributed by atoms with Crippen molar-refractivity contribution in [1.29, 1.82) is 0 Å². The number of carbonyl (C=O) groups is 1. The van der Waals surface area contributed by atoms with E-state index in [-0.39, 0.29) is 35.8 Å². The largest absolute Gasteiger partial charge is 0.490 e. The van der Waals surface area contributed by atoms with Gasteiger partial charge in [0.2, 0.25) is 0 Å². The quantitative estimate of drug-likeness (QED) is 0.293. The van der Waals surface area contributed by atoms with Gasteiger partial charge in [-0.15, -0.1) is 24.0 Å². The van der Waals surface area contributed by atoms with E-state index in [0.29, 0.717) is 24.8 Å². The normalized spacial score (nSPS) is 12.1. The van der Waals surface area contributed by atoms with Crippen LogP contribution in [0.5, 0.6) is 5.75 Å². The van der Waals surface area contributed by atoms with Gasteiger partial charge in [0.15, 0.2) is 11.7 Å². The molecule has 0 saturated heterocycles. The molecule has 0 aliphatic heterocycles. The third-order valence-electron chi connectivity index (χ3n) is 4.13. The number of ether oxygens (including phenoxy) is 1. The van der Waals surface area contributed by atoms with Crippen LogP contribution in [0.1, 0.15) is 47.7 Å². The van der Waals surface area contributed by atoms with Crippen molar-refractivity contribution in [3.8, 4) is 5.75 Å². The van der Waals surface area contributed by atoms with Gasteiger partial charge in [-0.2, -0.15) is 0 Å². The molecule has 0 saturated carbocycles. The number of amides is 1. The first kappa shape index (κ1) is 23.8. The number of furan rings is 1. The van der Waals surface area contributed by atoms with Gasteiger partial charge < -0.3 is 25.5 Å². The maximum absolute atomic E-state index is 11.1. The first-order valence-corrected chi connectivity index (χ1v) is 9.02. The molecular weight excluding hydrogens is 471 g/mol. The number of halogens is 1. The summed E-state index contributed by atoms with van der Waals surface area (Å²) in [7, 11) is 1.69. The Balaban J connectivity index is 0.00000392. The second-order valence-corrected chi connectivity index (χ2v) is 6.36. The Kier molecular flexibility index (Phi) is 9.84. The highest BCUT2D eigenvalue weighted by Crippen LogP contribution is 2.22. The van der Waals surface area contributed by atoms with E-state index in [1.54, 1.807) is 19.2 Å². The Hall–Kier alpha value is -2.23. The fourth-order valence-corrected chi connectivity index (χ4v) is 2.39. The lowest BCUT2D eigenvalue weighted by Gasteiger charge is -2.18. The van der Waals surface area contributed by atoms with Crippen LogP contribution in [0.4, 0.5) is 0 Å². The van der Waals surface area contributed by atoms with Crippen molar-refractivity contribution in [2.45, 2.75) is 46.4 Å². The Labute approximate surface area is 183 Å². The van der Waals surface area contributed by atoms with Gasteiger partial charge in [-0.05, 0) is 44.0 Å². The molecule has 7 nitrogen and oxygen atoms in total. The summed E-state index contributed by atoms with van der Waals surface area (Å²) in [4.78, 5) is 15.3. The molecular formula is C20H29IN4O3. The summed E-state index contributed by atoms with van der Waals surface area (Å²) in [5.74, 6) is 1.65. The molecule has 4 N–H and O–H groups in total. The minimum atomic E-state index is -0.586. The Morgan fingerprint density at radius 3 is 2.57 bits per heavy atom. The van der Waals surface area contributed by atoms with Gasteiger partial charge in [0.05, 0.1) is 12.6 Å². The summed E-state index contributed by atoms with van der Waals surface area (Å²) in [5.41, 5.74) is 7.40. The highest BCUT2D eigenvalue weighted by molar-refractivity contribution is 14.0. The molecule has 28 heavy (non-hydrogen) atoms. The van der Waals surface area contributed by atoms with Crippen LogP contribution in [0.25, 0.3) is 0 Å². The Bertz CT molecular complexity index is 804. The van der Waals surface area contributed by atoms with Crippen molar-refractivity contribution in [1.82, 2.24) is 10.6 Å². The van der Waals surface area contributed by atoms with Crippen LogP contribution in [0, 0.1) is 6.92 Å². The summed E-state index contributed by atoms with van der Waals surface area (Å²) in [5, 5.41) is 6.41. The van der Waals surface area contributed by atoms with Crippen LogP contribution < -0.4 is 21.1 Å². The molecule has 2 rings (SSSR count). The highest BCUT2D eigenvalue weighted by atomic mass is 127. The molecule has 1 unspecified atom stereocenters. The van der Waals surface area contributed by atoms with E-state index in [2.05, 4.69) is 41.6 Å². The predicted octanol–water partition coefficient (Wildman–Crippen LogP) is 3.35. The summed E-state index contributed by atoms with van der Waals surface area (Å²) in [6, 6.07) is 9.43. The van der Waals surface area contributed by atoms with Gasteiger partial charge in [0.1, 0.15) is 11.5 Å². The number of nitrogens with one attached hydrogen (secondary N) is 2. The van der Waals surface area contributed by atoms with E-state index in [4.69, 9.17) is 14.9 Å². The van der Waals surface area contributed by atoms with E-state index in [9.17, 15) is 4.79 Å². The van der Waals surface area contributed by atoms with Gasteiger partial charge in [-0.25, -0.2) is 0 Å². The van der Waals surface area contributed by atoms with Crippen molar-refractivity contribution in [2.24, 2.45) is 10.7 Å². The lowest BCUT2D eigenvalue weighted by Crippen LogP contribution is -2.36. The van der Waals surface area contributed by atoms with Crippen LogP contribution in [0.15, 0.2) is 39.7 Å². The molecule has 0 spiro atoms. The third-order valence-corrected chi connectivity index (χ3v) is 4.13. The van der Waals surface area contributed by atoms with Crippen LogP contribution in [-0.4, -0.2) is 25.0 Å². The van der Waals surface area contributed by atoms with Gasteiger partial charge in [-0.3, -0.25) is 9.79 Å². The second-order valence-electron chi connectivity index (χ2n) is 6.36. The zero-order valence-corrected chi connectivity index (χ0v) is 19.1. The van der Waals surface area contributed by atoms with Crippen LogP contribution in [0.3, 0.4) is 0 Å². The SMILES string of the molecule is CCC(C)Oc1cc(C)ccc1CNC(=NC)NCc1ccc(C(N)=O)o1.I. The minimum Gasteiger partial charge on any atom is -0.490 e. The molecule has 1 atom stereocenters. The molecule has 0 bridgehead atoms. The Morgan fingerprint density at radius 2 is 1.96 bits per heavy atom. The Morgan fingerprint density at radius 1 is 1.25 bits per heavy atom. The minimum absolute atomic E-state index is 0. The number of hydrogen-bond donors (Lipinski definition) is 3. The van der Waals surface area contributed by atoms with Crippen molar-refractivity contribution in [3.05, 3.63) is 53.0 Å². The average Bonchev–Trinajstić information content (AvgIpc) is 3.12. The molecule has 2 aromatic rings. The summed E-state index contributed by atoms with van der Waals surface area (Å²) in [6.45, 7) is 7.16. The van der Waals surface area contributed by atoms with E-state index in [1.165, 1.54) is 0 Å². The molecule has 1 heterocycles. The number of aliphatic imine (C=N–C) groups is 1. The van der Waals surface area contributed by atoms with Gasteiger partial charge in [0.25, 0.3) is 5.91 Å². The van der Waals surface area contributed by atoms with Crippen molar-refractivity contribution < 1.29 is 13.9 Å². The molecule has 0 radical (unpaired) electrons. The zero-order chi connectivity index (χ0) is 19.8. The molecule has 154 valence electrons. The van der Waals surface area contributed by atoms with Gasteiger partial charge >= 0.3 is 0 Å². The summed E-state index contributed by atoms with van der Waals surface area (Å²) in [6.07, 6.45) is 1.10. The number of nitrogens with zero attached hydrogens (tertiary/aromatic N) is 1. The monoisotopic (exact) mass is 500 g/mol. The number of rotatable bonds is 8. The highest BCUT2D eigenvalue weighted by Gasteiger charge is 2.10. The average molecular weight is 500 g/mol. The number of aryl methyl sites for hydroxylation is 1. The van der Waals surface area contributed by atoms with E-state index in [1.807, 2.05) is 13.0 Å².